The summed E-state index contributed by atoms with van der Waals surface area (Å²) in [5.74, 6) is -0.675. The van der Waals surface area contributed by atoms with E-state index in [2.05, 4.69) is 5.32 Å². The van der Waals surface area contributed by atoms with Crippen LogP contribution in [0.4, 0.5) is 13.2 Å². The molecule has 0 atom stereocenters. The van der Waals surface area contributed by atoms with Gasteiger partial charge in [0.15, 0.2) is 0 Å². The molecule has 0 aliphatic carbocycles. The number of alkyl halides is 3. The Bertz CT molecular complexity index is 812. The van der Waals surface area contributed by atoms with Gasteiger partial charge in [-0.2, -0.15) is 13.2 Å². The smallest absolute Gasteiger partial charge is 0.416 e. The summed E-state index contributed by atoms with van der Waals surface area (Å²) < 4.78 is 47.9. The van der Waals surface area contributed by atoms with Crippen molar-refractivity contribution in [2.24, 2.45) is 0 Å². The number of benzene rings is 2. The summed E-state index contributed by atoms with van der Waals surface area (Å²) in [6, 6.07) is 9.42. The van der Waals surface area contributed by atoms with Gasteiger partial charge in [-0.1, -0.05) is 6.07 Å². The lowest BCUT2D eigenvalue weighted by atomic mass is 10.1. The van der Waals surface area contributed by atoms with E-state index >= 15 is 0 Å². The van der Waals surface area contributed by atoms with Gasteiger partial charge in [0, 0.05) is 5.56 Å². The number of halogens is 3. The second kappa shape index (κ2) is 9.25. The van der Waals surface area contributed by atoms with Gasteiger partial charge in [-0.15, -0.1) is 0 Å². The highest BCUT2D eigenvalue weighted by Gasteiger charge is 2.30. The van der Waals surface area contributed by atoms with Crippen LogP contribution in [0.25, 0.3) is 0 Å². The molecule has 150 valence electrons. The van der Waals surface area contributed by atoms with Gasteiger partial charge in [0.1, 0.15) is 25.5 Å². The van der Waals surface area contributed by atoms with Gasteiger partial charge in [0.25, 0.3) is 5.91 Å². The Morgan fingerprint density at radius 1 is 0.964 bits per heavy atom. The Labute approximate surface area is 160 Å². The molecule has 2 aromatic carbocycles. The summed E-state index contributed by atoms with van der Waals surface area (Å²) in [7, 11) is 0. The molecule has 5 nitrogen and oxygen atoms in total. The predicted molar refractivity (Wildman–Crippen MR) is 96.1 cm³/mol. The van der Waals surface area contributed by atoms with Crippen LogP contribution in [0.5, 0.6) is 5.75 Å². The van der Waals surface area contributed by atoms with Crippen LogP contribution in [0.1, 0.15) is 27.0 Å². The van der Waals surface area contributed by atoms with E-state index in [9.17, 15) is 22.8 Å². The Balaban J connectivity index is 1.71. The number of carbonyl (C=O) groups is 2. The SMILES string of the molecule is Cc1cc(C)cc(OCCOC(=O)CNC(=O)c2ccc(C(F)(F)F)cc2)c1. The van der Waals surface area contributed by atoms with E-state index in [0.29, 0.717) is 5.75 Å². The zero-order chi connectivity index (χ0) is 20.7. The molecule has 28 heavy (non-hydrogen) atoms. The summed E-state index contributed by atoms with van der Waals surface area (Å²) >= 11 is 0. The van der Waals surface area contributed by atoms with E-state index in [1.54, 1.807) is 0 Å². The maximum Gasteiger partial charge on any atom is 0.416 e. The molecule has 0 radical (unpaired) electrons. The molecule has 0 aliphatic rings. The zero-order valence-electron chi connectivity index (χ0n) is 15.4. The van der Waals surface area contributed by atoms with E-state index in [4.69, 9.17) is 9.47 Å². The van der Waals surface area contributed by atoms with E-state index in [1.165, 1.54) is 0 Å². The first-order valence-electron chi connectivity index (χ1n) is 8.47. The molecular weight excluding hydrogens is 375 g/mol. The van der Waals surface area contributed by atoms with Crippen molar-refractivity contribution in [2.45, 2.75) is 20.0 Å². The molecule has 0 saturated heterocycles. The molecule has 1 amide bonds. The van der Waals surface area contributed by atoms with Gasteiger partial charge in [-0.25, -0.2) is 0 Å². The molecule has 0 heterocycles. The van der Waals surface area contributed by atoms with Crippen LogP contribution in [0.3, 0.4) is 0 Å². The third-order valence-corrected chi connectivity index (χ3v) is 3.68. The first-order valence-corrected chi connectivity index (χ1v) is 8.47. The number of nitrogens with one attached hydrogen (secondary N) is 1. The number of hydrogen-bond donors (Lipinski definition) is 1. The van der Waals surface area contributed by atoms with Crippen molar-refractivity contribution in [3.63, 3.8) is 0 Å². The molecule has 0 spiro atoms. The highest BCUT2D eigenvalue weighted by molar-refractivity contribution is 5.95. The lowest BCUT2D eigenvalue weighted by Gasteiger charge is -2.10. The largest absolute Gasteiger partial charge is 0.490 e. The lowest BCUT2D eigenvalue weighted by Crippen LogP contribution is -2.31. The summed E-state index contributed by atoms with van der Waals surface area (Å²) in [4.78, 5) is 23.5. The van der Waals surface area contributed by atoms with Gasteiger partial charge in [0.05, 0.1) is 5.56 Å². The molecule has 0 aliphatic heterocycles. The molecule has 0 bridgehead atoms. The number of rotatable bonds is 7. The minimum Gasteiger partial charge on any atom is -0.490 e. The summed E-state index contributed by atoms with van der Waals surface area (Å²) in [5, 5.41) is 2.29. The van der Waals surface area contributed by atoms with E-state index in [0.717, 1.165) is 35.4 Å². The number of esters is 1. The van der Waals surface area contributed by atoms with Crippen LogP contribution in [0.2, 0.25) is 0 Å². The van der Waals surface area contributed by atoms with Gasteiger partial charge in [-0.05, 0) is 61.4 Å². The fraction of sp³-hybridized carbons (Fsp3) is 0.300. The van der Waals surface area contributed by atoms with Gasteiger partial charge < -0.3 is 14.8 Å². The molecule has 0 fully saturated rings. The number of hydrogen-bond acceptors (Lipinski definition) is 4. The Morgan fingerprint density at radius 3 is 2.14 bits per heavy atom. The third-order valence-electron chi connectivity index (χ3n) is 3.68. The van der Waals surface area contributed by atoms with Crippen molar-refractivity contribution in [2.75, 3.05) is 19.8 Å². The minimum atomic E-state index is -4.47. The van der Waals surface area contributed by atoms with Crippen molar-refractivity contribution in [3.8, 4) is 5.75 Å². The monoisotopic (exact) mass is 395 g/mol. The van der Waals surface area contributed by atoms with Gasteiger partial charge in [-0.3, -0.25) is 9.59 Å². The highest BCUT2D eigenvalue weighted by Crippen LogP contribution is 2.29. The maximum absolute atomic E-state index is 12.5. The number of ether oxygens (including phenoxy) is 2. The average Bonchev–Trinajstić information content (AvgIpc) is 2.62. The van der Waals surface area contributed by atoms with Crippen LogP contribution >= 0.6 is 0 Å². The van der Waals surface area contributed by atoms with Gasteiger partial charge in [0.2, 0.25) is 0 Å². The predicted octanol–water partition coefficient (Wildman–Crippen LogP) is 3.67. The van der Waals surface area contributed by atoms with E-state index in [-0.39, 0.29) is 18.8 Å². The van der Waals surface area contributed by atoms with Crippen molar-refractivity contribution >= 4 is 11.9 Å². The van der Waals surface area contributed by atoms with Crippen LogP contribution in [0.15, 0.2) is 42.5 Å². The molecular formula is C20H20F3NO4. The fourth-order valence-electron chi connectivity index (χ4n) is 2.45. The second-order valence-electron chi connectivity index (χ2n) is 6.15. The van der Waals surface area contributed by atoms with Crippen molar-refractivity contribution in [1.82, 2.24) is 5.32 Å². The van der Waals surface area contributed by atoms with Gasteiger partial charge >= 0.3 is 12.1 Å². The fourth-order valence-corrected chi connectivity index (χ4v) is 2.45. The van der Waals surface area contributed by atoms with Crippen molar-refractivity contribution < 1.29 is 32.2 Å². The van der Waals surface area contributed by atoms with E-state index < -0.39 is 30.2 Å². The Hall–Kier alpha value is -3.03. The lowest BCUT2D eigenvalue weighted by molar-refractivity contribution is -0.143. The summed E-state index contributed by atoms with van der Waals surface area (Å²) in [5.41, 5.74) is 1.27. The molecule has 0 saturated carbocycles. The second-order valence-corrected chi connectivity index (χ2v) is 6.15. The molecule has 0 aromatic heterocycles. The highest BCUT2D eigenvalue weighted by atomic mass is 19.4. The number of amides is 1. The maximum atomic E-state index is 12.5. The standard InChI is InChI=1S/C20H20F3NO4/c1-13-9-14(2)11-17(10-13)27-7-8-28-18(25)12-24-19(26)15-3-5-16(6-4-15)20(21,22)23/h3-6,9-11H,7-8,12H2,1-2H3,(H,24,26). The van der Waals surface area contributed by atoms with Crippen molar-refractivity contribution in [1.29, 1.82) is 0 Å². The summed E-state index contributed by atoms with van der Waals surface area (Å²) in [6.45, 7) is 3.64. The van der Waals surface area contributed by atoms with Crippen LogP contribution in [0, 0.1) is 13.8 Å². The molecule has 0 unspecified atom stereocenters. The average molecular weight is 395 g/mol. The molecule has 2 rings (SSSR count). The zero-order valence-corrected chi connectivity index (χ0v) is 15.4. The van der Waals surface area contributed by atoms with E-state index in [1.807, 2.05) is 32.0 Å². The Kier molecular flexibility index (Phi) is 7.03. The molecule has 2 aromatic rings. The Morgan fingerprint density at radius 2 is 1.57 bits per heavy atom. The van der Waals surface area contributed by atoms with Crippen LogP contribution in [-0.4, -0.2) is 31.6 Å². The molecule has 8 heteroatoms. The quantitative estimate of drug-likeness (QED) is 0.574. The van der Waals surface area contributed by atoms with Crippen molar-refractivity contribution in [3.05, 3.63) is 64.7 Å². The number of aryl methyl sites for hydroxylation is 2. The number of carbonyl (C=O) groups excluding carboxylic acids is 2. The normalized spacial score (nSPS) is 11.0. The minimum absolute atomic E-state index is 0.00196. The topological polar surface area (TPSA) is 64.6 Å². The first-order chi connectivity index (χ1) is 13.1. The summed E-state index contributed by atoms with van der Waals surface area (Å²) in [6.07, 6.45) is -4.47. The third kappa shape index (κ3) is 6.61. The first kappa shape index (κ1) is 21.3. The van der Waals surface area contributed by atoms with Crippen LogP contribution < -0.4 is 10.1 Å². The molecule has 1 N–H and O–H groups in total. The van der Waals surface area contributed by atoms with Crippen LogP contribution in [-0.2, 0) is 15.7 Å².